The molecule has 0 bridgehead atoms. The van der Waals surface area contributed by atoms with Crippen LogP contribution < -0.4 is 10.0 Å². The average Bonchev–Trinajstić information content (AvgIpc) is 3.14. The molecule has 0 unspecified atom stereocenters. The Kier molecular flexibility index (Phi) is 6.19. The second kappa shape index (κ2) is 8.44. The fourth-order valence-electron chi connectivity index (χ4n) is 2.24. The van der Waals surface area contributed by atoms with Crippen molar-refractivity contribution in [3.8, 4) is 0 Å². The minimum absolute atomic E-state index is 0.0444. The van der Waals surface area contributed by atoms with Gasteiger partial charge in [0.05, 0.1) is 10.0 Å². The summed E-state index contributed by atoms with van der Waals surface area (Å²) in [5.41, 5.74) is 0.782. The normalized spacial score (nSPS) is 11.2. The Morgan fingerprint density at radius 2 is 1.93 bits per heavy atom. The molecule has 2 aromatic carbocycles. The van der Waals surface area contributed by atoms with Crippen LogP contribution in [-0.2, 0) is 16.6 Å². The maximum absolute atomic E-state index is 13.2. The van der Waals surface area contributed by atoms with Gasteiger partial charge in [0.15, 0.2) is 5.13 Å². The Morgan fingerprint density at radius 1 is 1.14 bits per heavy atom. The van der Waals surface area contributed by atoms with Crippen LogP contribution in [0.15, 0.2) is 52.9 Å². The van der Waals surface area contributed by atoms with Crippen molar-refractivity contribution in [3.63, 3.8) is 0 Å². The summed E-state index contributed by atoms with van der Waals surface area (Å²) < 4.78 is 40.3. The van der Waals surface area contributed by atoms with Crippen LogP contribution in [0.2, 0.25) is 10.0 Å². The highest BCUT2D eigenvalue weighted by Gasteiger charge is 2.20. The zero-order valence-corrected chi connectivity index (χ0v) is 17.1. The van der Waals surface area contributed by atoms with Gasteiger partial charge in [0.25, 0.3) is 15.9 Å². The standard InChI is InChI=1S/C17H12Cl2FN3O3S2/c18-12-7-10(1-3-14(12)20)9-22-16(24)11-2-4-15(13(19)8-11)28(25,26)23-17-21-5-6-27-17/h1-8H,9H2,(H,21,23)(H,22,24). The molecule has 1 aromatic heterocycles. The van der Waals surface area contributed by atoms with E-state index < -0.39 is 21.7 Å². The Labute approximate surface area is 174 Å². The molecule has 3 aromatic rings. The minimum atomic E-state index is -3.94. The molecule has 1 heterocycles. The number of thiazole rings is 1. The van der Waals surface area contributed by atoms with E-state index in [4.69, 9.17) is 23.2 Å². The second-order valence-corrected chi connectivity index (χ2v) is 8.88. The molecule has 3 rings (SSSR count). The maximum Gasteiger partial charge on any atom is 0.265 e. The third-order valence-electron chi connectivity index (χ3n) is 3.57. The summed E-state index contributed by atoms with van der Waals surface area (Å²) in [6.07, 6.45) is 1.46. The van der Waals surface area contributed by atoms with E-state index in [9.17, 15) is 17.6 Å². The molecular weight excluding hydrogens is 448 g/mol. The summed E-state index contributed by atoms with van der Waals surface area (Å²) in [4.78, 5) is 16.0. The fraction of sp³-hybridized carbons (Fsp3) is 0.0588. The van der Waals surface area contributed by atoms with Crippen LogP contribution in [0.5, 0.6) is 0 Å². The molecule has 0 atom stereocenters. The smallest absolute Gasteiger partial charge is 0.265 e. The van der Waals surface area contributed by atoms with E-state index in [2.05, 4.69) is 15.0 Å². The van der Waals surface area contributed by atoms with Gasteiger partial charge in [-0.1, -0.05) is 29.3 Å². The molecule has 28 heavy (non-hydrogen) atoms. The first-order chi connectivity index (χ1) is 13.3. The van der Waals surface area contributed by atoms with Gasteiger partial charge in [-0.3, -0.25) is 9.52 Å². The Bertz CT molecular complexity index is 1120. The van der Waals surface area contributed by atoms with E-state index in [-0.39, 0.29) is 32.2 Å². The van der Waals surface area contributed by atoms with Gasteiger partial charge >= 0.3 is 0 Å². The van der Waals surface area contributed by atoms with Crippen LogP contribution in [0.1, 0.15) is 15.9 Å². The van der Waals surface area contributed by atoms with Crippen LogP contribution in [0, 0.1) is 5.82 Å². The SMILES string of the molecule is O=C(NCc1ccc(F)c(Cl)c1)c1ccc(S(=O)(=O)Nc2nccs2)c(Cl)c1. The lowest BCUT2D eigenvalue weighted by atomic mass is 10.2. The Balaban J connectivity index is 1.72. The summed E-state index contributed by atoms with van der Waals surface area (Å²) >= 11 is 12.9. The number of anilines is 1. The first-order valence-electron chi connectivity index (χ1n) is 7.70. The first kappa shape index (κ1) is 20.5. The molecule has 0 fully saturated rings. The van der Waals surface area contributed by atoms with Gasteiger partial charge in [-0.05, 0) is 35.9 Å². The van der Waals surface area contributed by atoms with Crippen molar-refractivity contribution in [1.29, 1.82) is 0 Å². The largest absolute Gasteiger partial charge is 0.348 e. The molecule has 1 amide bonds. The lowest BCUT2D eigenvalue weighted by Crippen LogP contribution is -2.23. The highest BCUT2D eigenvalue weighted by Crippen LogP contribution is 2.25. The van der Waals surface area contributed by atoms with E-state index in [1.807, 2.05) is 0 Å². The molecule has 0 radical (unpaired) electrons. The van der Waals surface area contributed by atoms with Crippen LogP contribution in [0.4, 0.5) is 9.52 Å². The van der Waals surface area contributed by atoms with Crippen LogP contribution in [0.25, 0.3) is 0 Å². The average molecular weight is 460 g/mol. The lowest BCUT2D eigenvalue weighted by molar-refractivity contribution is 0.0951. The van der Waals surface area contributed by atoms with Gasteiger partial charge in [-0.2, -0.15) is 0 Å². The maximum atomic E-state index is 13.2. The number of sulfonamides is 1. The van der Waals surface area contributed by atoms with Crippen molar-refractivity contribution in [1.82, 2.24) is 10.3 Å². The van der Waals surface area contributed by atoms with E-state index in [1.54, 1.807) is 5.38 Å². The van der Waals surface area contributed by atoms with E-state index in [1.165, 1.54) is 42.6 Å². The summed E-state index contributed by atoms with van der Waals surface area (Å²) in [6, 6.07) is 7.94. The monoisotopic (exact) mass is 459 g/mol. The molecule has 0 aliphatic heterocycles. The number of hydrogen-bond donors (Lipinski definition) is 2. The number of halogens is 3. The van der Waals surface area contributed by atoms with Gasteiger partial charge in [-0.25, -0.2) is 17.8 Å². The number of amides is 1. The summed E-state index contributed by atoms with van der Waals surface area (Å²) in [5.74, 6) is -1.02. The predicted molar refractivity (Wildman–Crippen MR) is 107 cm³/mol. The van der Waals surface area contributed by atoms with Crippen molar-refractivity contribution in [2.24, 2.45) is 0 Å². The minimum Gasteiger partial charge on any atom is -0.348 e. The van der Waals surface area contributed by atoms with Crippen molar-refractivity contribution in [2.75, 3.05) is 4.72 Å². The number of carbonyl (C=O) groups excluding carboxylic acids is 1. The number of carbonyl (C=O) groups is 1. The molecule has 0 saturated carbocycles. The van der Waals surface area contributed by atoms with E-state index >= 15 is 0 Å². The molecule has 0 spiro atoms. The third-order valence-corrected chi connectivity index (χ3v) is 6.50. The zero-order chi connectivity index (χ0) is 20.3. The van der Waals surface area contributed by atoms with Crippen LogP contribution in [-0.4, -0.2) is 19.3 Å². The topological polar surface area (TPSA) is 88.2 Å². The second-order valence-electron chi connectivity index (χ2n) is 5.52. The Morgan fingerprint density at radius 3 is 2.57 bits per heavy atom. The van der Waals surface area contributed by atoms with Crippen molar-refractivity contribution >= 4 is 55.6 Å². The summed E-state index contributed by atoms with van der Waals surface area (Å²) in [6.45, 7) is 0.113. The van der Waals surface area contributed by atoms with Gasteiger partial charge in [0.2, 0.25) is 0 Å². The molecule has 0 aliphatic carbocycles. The lowest BCUT2D eigenvalue weighted by Gasteiger charge is -2.10. The van der Waals surface area contributed by atoms with Crippen molar-refractivity contribution in [2.45, 2.75) is 11.4 Å². The predicted octanol–water partition coefficient (Wildman–Crippen LogP) is 4.32. The van der Waals surface area contributed by atoms with Crippen LogP contribution >= 0.6 is 34.5 Å². The number of benzene rings is 2. The third kappa shape index (κ3) is 4.79. The van der Waals surface area contributed by atoms with Crippen molar-refractivity contribution < 1.29 is 17.6 Å². The zero-order valence-electron chi connectivity index (χ0n) is 13.9. The fourth-order valence-corrected chi connectivity index (χ4v) is 4.78. The van der Waals surface area contributed by atoms with Crippen LogP contribution in [0.3, 0.4) is 0 Å². The van der Waals surface area contributed by atoms with Gasteiger partial charge in [0, 0.05) is 23.7 Å². The van der Waals surface area contributed by atoms with Gasteiger partial charge in [-0.15, -0.1) is 11.3 Å². The summed E-state index contributed by atoms with van der Waals surface area (Å²) in [5, 5.41) is 4.31. The number of hydrogen-bond acceptors (Lipinski definition) is 5. The molecule has 6 nitrogen and oxygen atoms in total. The highest BCUT2D eigenvalue weighted by molar-refractivity contribution is 7.93. The molecule has 0 saturated heterocycles. The van der Waals surface area contributed by atoms with Gasteiger partial charge in [0.1, 0.15) is 10.7 Å². The molecule has 11 heteroatoms. The molecular formula is C17H12Cl2FN3O3S2. The van der Waals surface area contributed by atoms with E-state index in [0.29, 0.717) is 5.56 Å². The molecule has 146 valence electrons. The number of aromatic nitrogens is 1. The summed E-state index contributed by atoms with van der Waals surface area (Å²) in [7, 11) is -3.94. The number of nitrogens with one attached hydrogen (secondary N) is 2. The Hall–Kier alpha value is -2.20. The highest BCUT2D eigenvalue weighted by atomic mass is 35.5. The van der Waals surface area contributed by atoms with Crippen molar-refractivity contribution in [3.05, 3.63) is 75.0 Å². The molecule has 0 aliphatic rings. The number of rotatable bonds is 6. The first-order valence-corrected chi connectivity index (χ1v) is 10.8. The quantitative estimate of drug-likeness (QED) is 0.574. The molecule has 2 N–H and O–H groups in total. The number of nitrogens with zero attached hydrogens (tertiary/aromatic N) is 1. The van der Waals surface area contributed by atoms with Gasteiger partial charge < -0.3 is 5.32 Å². The van der Waals surface area contributed by atoms with E-state index in [0.717, 1.165) is 11.3 Å².